The molecule has 1 aromatic carbocycles. The van der Waals surface area contributed by atoms with Crippen molar-refractivity contribution in [3.63, 3.8) is 0 Å². The van der Waals surface area contributed by atoms with Gasteiger partial charge in [-0.3, -0.25) is 0 Å². The lowest BCUT2D eigenvalue weighted by atomic mass is 10.1. The Balaban J connectivity index is 2.46. The zero-order valence-corrected chi connectivity index (χ0v) is 8.36. The second-order valence-corrected chi connectivity index (χ2v) is 3.50. The van der Waals surface area contributed by atoms with Crippen molar-refractivity contribution in [1.29, 1.82) is 0 Å². The van der Waals surface area contributed by atoms with Crippen LogP contribution in [0.2, 0.25) is 0 Å². The molecule has 0 amide bonds. The third-order valence-electron chi connectivity index (χ3n) is 2.24. The average Bonchev–Trinajstić information content (AvgIpc) is 2.23. The van der Waals surface area contributed by atoms with Crippen molar-refractivity contribution in [2.75, 3.05) is 6.61 Å². The highest BCUT2D eigenvalue weighted by atomic mass is 19.1. The summed E-state index contributed by atoms with van der Waals surface area (Å²) in [6.45, 7) is -0.269. The summed E-state index contributed by atoms with van der Waals surface area (Å²) in [5, 5.41) is 27.0. The van der Waals surface area contributed by atoms with E-state index in [1.807, 2.05) is 0 Å². The summed E-state index contributed by atoms with van der Waals surface area (Å²) in [4.78, 5) is 0. The molecule has 0 bridgehead atoms. The third kappa shape index (κ3) is 3.85. The van der Waals surface area contributed by atoms with Gasteiger partial charge in [0.2, 0.25) is 0 Å². The molecule has 0 aromatic heterocycles. The Bertz CT molecular complexity index is 315. The van der Waals surface area contributed by atoms with Crippen LogP contribution in [0.4, 0.5) is 4.39 Å². The zero-order valence-electron chi connectivity index (χ0n) is 8.36. The minimum absolute atomic E-state index is 0.0647. The van der Waals surface area contributed by atoms with E-state index in [4.69, 9.17) is 10.2 Å². The molecule has 0 heterocycles. The molecule has 3 N–H and O–H groups in total. The molecule has 0 saturated heterocycles. The lowest BCUT2D eigenvalue weighted by Gasteiger charge is -2.07. The molecule has 0 aliphatic carbocycles. The zero-order chi connectivity index (χ0) is 11.3. The molecule has 0 radical (unpaired) electrons. The summed E-state index contributed by atoms with van der Waals surface area (Å²) < 4.78 is 12.8. The SMILES string of the molecule is OC[C@@H](O)CCCc1cc(F)ccc1O. The predicted octanol–water partition coefficient (Wildman–Crippen LogP) is 1.21. The molecular weight excluding hydrogens is 199 g/mol. The van der Waals surface area contributed by atoms with E-state index < -0.39 is 6.10 Å². The Kier molecular flexibility index (Phi) is 4.52. The lowest BCUT2D eigenvalue weighted by molar-refractivity contribution is 0.0867. The average molecular weight is 214 g/mol. The van der Waals surface area contributed by atoms with E-state index in [2.05, 4.69) is 0 Å². The van der Waals surface area contributed by atoms with Crippen LogP contribution in [0.15, 0.2) is 18.2 Å². The summed E-state index contributed by atoms with van der Waals surface area (Å²) in [5.74, 6) is -0.319. The van der Waals surface area contributed by atoms with Gasteiger partial charge in [-0.15, -0.1) is 0 Å². The Labute approximate surface area is 87.8 Å². The standard InChI is InChI=1S/C11H15FO3/c12-9-4-5-11(15)8(6-9)2-1-3-10(14)7-13/h4-6,10,13-15H,1-3,7H2/t10-/m0/s1. The number of hydrogen-bond donors (Lipinski definition) is 3. The van der Waals surface area contributed by atoms with Gasteiger partial charge in [-0.05, 0) is 43.0 Å². The number of phenols is 1. The Morgan fingerprint density at radius 2 is 2.07 bits per heavy atom. The van der Waals surface area contributed by atoms with Gasteiger partial charge in [0.15, 0.2) is 0 Å². The summed E-state index contributed by atoms with van der Waals surface area (Å²) in [7, 11) is 0. The maximum Gasteiger partial charge on any atom is 0.123 e. The van der Waals surface area contributed by atoms with Crippen LogP contribution >= 0.6 is 0 Å². The van der Waals surface area contributed by atoms with Crippen molar-refractivity contribution in [3.8, 4) is 5.75 Å². The van der Waals surface area contributed by atoms with Crippen molar-refractivity contribution < 1.29 is 19.7 Å². The van der Waals surface area contributed by atoms with Crippen molar-refractivity contribution in [2.45, 2.75) is 25.4 Å². The molecule has 0 aliphatic heterocycles. The van der Waals surface area contributed by atoms with E-state index in [9.17, 15) is 9.50 Å². The van der Waals surface area contributed by atoms with Gasteiger partial charge in [0.1, 0.15) is 11.6 Å². The monoisotopic (exact) mass is 214 g/mol. The van der Waals surface area contributed by atoms with Gasteiger partial charge in [-0.25, -0.2) is 4.39 Å². The maximum atomic E-state index is 12.8. The van der Waals surface area contributed by atoms with E-state index >= 15 is 0 Å². The van der Waals surface area contributed by atoms with Gasteiger partial charge in [0, 0.05) is 0 Å². The fraction of sp³-hybridized carbons (Fsp3) is 0.455. The largest absolute Gasteiger partial charge is 0.508 e. The normalized spacial score (nSPS) is 12.7. The maximum absolute atomic E-state index is 12.8. The van der Waals surface area contributed by atoms with Crippen LogP contribution in [0.1, 0.15) is 18.4 Å². The van der Waals surface area contributed by atoms with Crippen LogP contribution in [0.25, 0.3) is 0 Å². The molecule has 0 fully saturated rings. The van der Waals surface area contributed by atoms with Gasteiger partial charge in [-0.1, -0.05) is 0 Å². The molecule has 84 valence electrons. The van der Waals surface area contributed by atoms with Crippen LogP contribution in [-0.4, -0.2) is 28.0 Å². The number of phenolic OH excluding ortho intramolecular Hbond substituents is 1. The first kappa shape index (κ1) is 11.9. The number of rotatable bonds is 5. The van der Waals surface area contributed by atoms with Crippen LogP contribution in [-0.2, 0) is 6.42 Å². The van der Waals surface area contributed by atoms with Gasteiger partial charge >= 0.3 is 0 Å². The molecule has 3 nitrogen and oxygen atoms in total. The number of aliphatic hydroxyl groups excluding tert-OH is 2. The molecule has 4 heteroatoms. The minimum Gasteiger partial charge on any atom is -0.508 e. The number of aryl methyl sites for hydroxylation is 1. The highest BCUT2D eigenvalue weighted by Crippen LogP contribution is 2.20. The van der Waals surface area contributed by atoms with Crippen molar-refractivity contribution >= 4 is 0 Å². The van der Waals surface area contributed by atoms with Crippen molar-refractivity contribution in [2.24, 2.45) is 0 Å². The Morgan fingerprint density at radius 3 is 2.73 bits per heavy atom. The van der Waals surface area contributed by atoms with Gasteiger partial charge in [0.25, 0.3) is 0 Å². The van der Waals surface area contributed by atoms with Gasteiger partial charge in [0.05, 0.1) is 12.7 Å². The highest BCUT2D eigenvalue weighted by Gasteiger charge is 2.05. The predicted molar refractivity (Wildman–Crippen MR) is 54.1 cm³/mol. The number of aliphatic hydroxyl groups is 2. The first-order chi connectivity index (χ1) is 7.13. The smallest absolute Gasteiger partial charge is 0.123 e. The topological polar surface area (TPSA) is 60.7 Å². The summed E-state index contributed by atoms with van der Waals surface area (Å²) in [6.07, 6.45) is 0.784. The fourth-order valence-electron chi connectivity index (χ4n) is 1.37. The Morgan fingerprint density at radius 1 is 1.33 bits per heavy atom. The summed E-state index contributed by atoms with van der Waals surface area (Å²) >= 11 is 0. The molecule has 0 saturated carbocycles. The number of hydrogen-bond acceptors (Lipinski definition) is 3. The molecule has 1 aromatic rings. The molecule has 1 rings (SSSR count). The van der Waals surface area contributed by atoms with Crippen molar-refractivity contribution in [3.05, 3.63) is 29.6 Å². The number of halogens is 1. The first-order valence-electron chi connectivity index (χ1n) is 4.90. The van der Waals surface area contributed by atoms with Crippen LogP contribution in [0.5, 0.6) is 5.75 Å². The van der Waals surface area contributed by atoms with E-state index in [1.54, 1.807) is 0 Å². The van der Waals surface area contributed by atoms with E-state index in [1.165, 1.54) is 18.2 Å². The van der Waals surface area contributed by atoms with E-state index in [0.717, 1.165) is 0 Å². The minimum atomic E-state index is -0.735. The quantitative estimate of drug-likeness (QED) is 0.690. The molecule has 1 atom stereocenters. The summed E-state index contributed by atoms with van der Waals surface area (Å²) in [5.41, 5.74) is 0.528. The van der Waals surface area contributed by atoms with Crippen LogP contribution < -0.4 is 0 Å². The van der Waals surface area contributed by atoms with Crippen LogP contribution in [0.3, 0.4) is 0 Å². The number of benzene rings is 1. The molecule has 0 spiro atoms. The van der Waals surface area contributed by atoms with Gasteiger partial charge in [-0.2, -0.15) is 0 Å². The fourth-order valence-corrected chi connectivity index (χ4v) is 1.37. The van der Waals surface area contributed by atoms with Crippen LogP contribution in [0, 0.1) is 5.82 Å². The molecule has 15 heavy (non-hydrogen) atoms. The van der Waals surface area contributed by atoms with E-state index in [0.29, 0.717) is 24.8 Å². The Hall–Kier alpha value is -1.13. The molecule has 0 aliphatic rings. The second-order valence-electron chi connectivity index (χ2n) is 3.50. The molecule has 0 unspecified atom stereocenters. The summed E-state index contributed by atoms with van der Waals surface area (Å²) in [6, 6.07) is 3.79. The van der Waals surface area contributed by atoms with Crippen molar-refractivity contribution in [1.82, 2.24) is 0 Å². The van der Waals surface area contributed by atoms with Gasteiger partial charge < -0.3 is 15.3 Å². The third-order valence-corrected chi connectivity index (χ3v) is 2.24. The lowest BCUT2D eigenvalue weighted by Crippen LogP contribution is -2.11. The first-order valence-corrected chi connectivity index (χ1v) is 4.90. The second kappa shape index (κ2) is 5.68. The molecular formula is C11H15FO3. The highest BCUT2D eigenvalue weighted by molar-refractivity contribution is 5.32. The van der Waals surface area contributed by atoms with E-state index in [-0.39, 0.29) is 18.2 Å². The number of aromatic hydroxyl groups is 1.